The Hall–Kier alpha value is -1.16. The molecule has 1 saturated heterocycles. The summed E-state index contributed by atoms with van der Waals surface area (Å²) in [6.45, 7) is 19.9. The molecule has 1 aliphatic rings. The fraction of sp³-hybridized carbons (Fsp3) is 0.750. The van der Waals surface area contributed by atoms with E-state index in [-0.39, 0.29) is 23.9 Å². The van der Waals surface area contributed by atoms with Gasteiger partial charge in [-0.3, -0.25) is 9.36 Å². The molecule has 0 spiro atoms. The maximum Gasteiger partial charge on any atom is 0.281 e. The van der Waals surface area contributed by atoms with Gasteiger partial charge in [-0.15, -0.1) is 0 Å². The molecular weight excluding hydrogens is 461 g/mol. The highest BCUT2D eigenvalue weighted by Crippen LogP contribution is 2.38. The minimum atomic E-state index is -1.97. The Kier molecular flexibility index (Phi) is 7.07. The first-order chi connectivity index (χ1) is 14.6. The summed E-state index contributed by atoms with van der Waals surface area (Å²) < 4.78 is 29.3. The minimum Gasteiger partial charge on any atom is -0.415 e. The van der Waals surface area contributed by atoms with Gasteiger partial charge < -0.3 is 22.6 Å². The number of hydrogen-bond acceptors (Lipinski definition) is 7. The van der Waals surface area contributed by atoms with E-state index >= 15 is 0 Å². The number of fused-ring (bicyclic) bond motifs is 1. The highest BCUT2D eigenvalue weighted by molar-refractivity contribution is 6.70. The largest absolute Gasteiger partial charge is 0.415 e. The van der Waals surface area contributed by atoms with Crippen LogP contribution in [-0.2, 0) is 25.1 Å². The molecule has 1 aliphatic heterocycles. The molecule has 0 bridgehead atoms. The van der Waals surface area contributed by atoms with Crippen molar-refractivity contribution in [2.24, 2.45) is 7.05 Å². The van der Waals surface area contributed by atoms with Gasteiger partial charge in [-0.2, -0.15) is 0 Å². The van der Waals surface area contributed by atoms with E-state index in [2.05, 4.69) is 68.9 Å². The SMILES string of the molecule is Cn1cnc2c(ncn2[C@@H]2O[C@H](CO[Si](C)(C)C)[C@@H](O[Si](C)(C)C)[C@H]2O[Si](C)(C)C)c1=O. The quantitative estimate of drug-likeness (QED) is 0.516. The van der Waals surface area contributed by atoms with Crippen LogP contribution in [0.5, 0.6) is 0 Å². The Morgan fingerprint density at radius 3 is 2.06 bits per heavy atom. The van der Waals surface area contributed by atoms with Gasteiger partial charge in [0.25, 0.3) is 5.56 Å². The van der Waals surface area contributed by atoms with Crippen molar-refractivity contribution in [1.29, 1.82) is 0 Å². The molecule has 32 heavy (non-hydrogen) atoms. The van der Waals surface area contributed by atoms with Crippen molar-refractivity contribution in [1.82, 2.24) is 19.1 Å². The van der Waals surface area contributed by atoms with Gasteiger partial charge in [0.05, 0.1) is 19.3 Å². The number of aryl methyl sites for hydroxylation is 1. The third-order valence-corrected chi connectivity index (χ3v) is 7.85. The molecular formula is C20H38N4O5Si3. The third kappa shape index (κ3) is 6.04. The predicted molar refractivity (Wildman–Crippen MR) is 132 cm³/mol. The van der Waals surface area contributed by atoms with Crippen LogP contribution in [0.25, 0.3) is 11.2 Å². The van der Waals surface area contributed by atoms with Crippen molar-refractivity contribution < 1.29 is 18.0 Å². The molecule has 1 fully saturated rings. The second kappa shape index (κ2) is 8.89. The summed E-state index contributed by atoms with van der Waals surface area (Å²) in [5.41, 5.74) is 0.610. The van der Waals surface area contributed by atoms with Gasteiger partial charge in [0.2, 0.25) is 0 Å². The van der Waals surface area contributed by atoms with Gasteiger partial charge in [-0.1, -0.05) is 0 Å². The van der Waals surface area contributed by atoms with Crippen molar-refractivity contribution >= 4 is 36.1 Å². The molecule has 0 unspecified atom stereocenters. The molecule has 0 aliphatic carbocycles. The molecule has 4 atom stereocenters. The smallest absolute Gasteiger partial charge is 0.281 e. The fourth-order valence-electron chi connectivity index (χ4n) is 3.66. The standard InChI is InChI=1S/C20H38N4O5Si3/c1-23-12-22-18-15(19(23)25)21-13-24(18)20-17(29-32(8,9)10)16(28-31(5,6)7)14(27-20)11-26-30(2,3)4/h12-14,16-17,20H,11H2,1-10H3/t14-,16-,17-,20-/m1/s1. The maximum absolute atomic E-state index is 12.5. The number of hydrogen-bond donors (Lipinski definition) is 0. The summed E-state index contributed by atoms with van der Waals surface area (Å²) >= 11 is 0. The molecule has 180 valence electrons. The molecule has 2 aromatic rings. The molecule has 0 amide bonds. The number of imidazole rings is 1. The summed E-state index contributed by atoms with van der Waals surface area (Å²) in [6, 6.07) is 0. The Morgan fingerprint density at radius 1 is 0.906 bits per heavy atom. The highest BCUT2D eigenvalue weighted by atomic mass is 28.4. The summed E-state index contributed by atoms with van der Waals surface area (Å²) in [6.07, 6.45) is 1.70. The van der Waals surface area contributed by atoms with E-state index in [4.69, 9.17) is 18.0 Å². The van der Waals surface area contributed by atoms with Gasteiger partial charge in [-0.05, 0) is 58.9 Å². The zero-order valence-electron chi connectivity index (χ0n) is 21.0. The van der Waals surface area contributed by atoms with E-state index in [0.717, 1.165) is 0 Å². The van der Waals surface area contributed by atoms with Gasteiger partial charge in [-0.25, -0.2) is 9.97 Å². The van der Waals surface area contributed by atoms with Crippen LogP contribution >= 0.6 is 0 Å². The maximum atomic E-state index is 12.5. The van der Waals surface area contributed by atoms with Crippen LogP contribution in [-0.4, -0.2) is 69.0 Å². The molecule has 3 heterocycles. The van der Waals surface area contributed by atoms with Gasteiger partial charge in [0.15, 0.2) is 42.3 Å². The van der Waals surface area contributed by atoms with Gasteiger partial charge in [0.1, 0.15) is 18.3 Å². The van der Waals surface area contributed by atoms with Crippen molar-refractivity contribution in [2.75, 3.05) is 6.61 Å². The second-order valence-electron chi connectivity index (χ2n) is 11.4. The van der Waals surface area contributed by atoms with Crippen molar-refractivity contribution in [2.45, 2.75) is 83.5 Å². The van der Waals surface area contributed by atoms with Crippen molar-refractivity contribution in [3.8, 4) is 0 Å². The summed E-state index contributed by atoms with van der Waals surface area (Å²) in [4.78, 5) is 21.4. The van der Waals surface area contributed by atoms with Crippen LogP contribution in [0.15, 0.2) is 17.4 Å². The van der Waals surface area contributed by atoms with Crippen LogP contribution < -0.4 is 5.56 Å². The van der Waals surface area contributed by atoms with Crippen LogP contribution in [0, 0.1) is 0 Å². The minimum absolute atomic E-state index is 0.192. The average Bonchev–Trinajstić information content (AvgIpc) is 3.16. The van der Waals surface area contributed by atoms with Crippen molar-refractivity contribution in [3.05, 3.63) is 23.0 Å². The Bertz CT molecular complexity index is 1010. The molecule has 0 N–H and O–H groups in total. The van der Waals surface area contributed by atoms with Gasteiger partial charge >= 0.3 is 0 Å². The van der Waals surface area contributed by atoms with Crippen LogP contribution in [0.1, 0.15) is 6.23 Å². The van der Waals surface area contributed by atoms with E-state index in [1.54, 1.807) is 13.4 Å². The van der Waals surface area contributed by atoms with Crippen LogP contribution in [0.2, 0.25) is 58.9 Å². The monoisotopic (exact) mass is 498 g/mol. The number of nitrogens with zero attached hydrogens (tertiary/aromatic N) is 4. The molecule has 2 aromatic heterocycles. The molecule has 0 aromatic carbocycles. The Morgan fingerprint density at radius 2 is 1.50 bits per heavy atom. The normalized spacial score (nSPS) is 25.1. The molecule has 3 rings (SSSR count). The first-order valence-corrected chi connectivity index (χ1v) is 21.3. The first-order valence-electron chi connectivity index (χ1n) is 11.1. The van der Waals surface area contributed by atoms with Crippen LogP contribution in [0.4, 0.5) is 0 Å². The summed E-state index contributed by atoms with van der Waals surface area (Å²) in [5.74, 6) is 0. The van der Waals surface area contributed by atoms with Crippen LogP contribution in [0.3, 0.4) is 0 Å². The lowest BCUT2D eigenvalue weighted by molar-refractivity contribution is -0.0457. The van der Waals surface area contributed by atoms with E-state index in [1.165, 1.54) is 10.9 Å². The average molecular weight is 499 g/mol. The molecule has 0 saturated carbocycles. The zero-order chi connectivity index (χ0) is 24.1. The summed E-state index contributed by atoms with van der Waals surface area (Å²) in [7, 11) is -3.98. The van der Waals surface area contributed by atoms with E-state index < -0.39 is 31.2 Å². The molecule has 0 radical (unpaired) electrons. The lowest BCUT2D eigenvalue weighted by atomic mass is 10.1. The third-order valence-electron chi connectivity index (χ3n) is 4.86. The lowest BCUT2D eigenvalue weighted by Crippen LogP contribution is -2.48. The number of aromatic nitrogens is 4. The predicted octanol–water partition coefficient (Wildman–Crippen LogP) is 3.32. The number of ether oxygens (including phenoxy) is 1. The highest BCUT2D eigenvalue weighted by Gasteiger charge is 2.50. The zero-order valence-corrected chi connectivity index (χ0v) is 24.0. The van der Waals surface area contributed by atoms with Gasteiger partial charge in [0, 0.05) is 7.05 Å². The topological polar surface area (TPSA) is 89.6 Å². The fourth-order valence-corrected chi connectivity index (χ4v) is 6.50. The van der Waals surface area contributed by atoms with E-state index in [9.17, 15) is 4.79 Å². The lowest BCUT2D eigenvalue weighted by Gasteiger charge is -2.34. The summed E-state index contributed by atoms with van der Waals surface area (Å²) in [5, 5.41) is 0. The van der Waals surface area contributed by atoms with E-state index in [1.807, 2.05) is 4.57 Å². The Balaban J connectivity index is 2.06. The molecule has 9 nitrogen and oxygen atoms in total. The van der Waals surface area contributed by atoms with E-state index in [0.29, 0.717) is 17.8 Å². The second-order valence-corrected chi connectivity index (χ2v) is 24.8. The van der Waals surface area contributed by atoms with Crippen molar-refractivity contribution in [3.63, 3.8) is 0 Å². The Labute approximate surface area is 193 Å². The first kappa shape index (κ1) is 25.5. The number of rotatable bonds is 8. The molecule has 12 heteroatoms.